The molecule has 0 radical (unpaired) electrons. The lowest BCUT2D eigenvalue weighted by molar-refractivity contribution is 0.103. The smallest absolute Gasteiger partial charge is 0.229 e. The molecule has 34 heavy (non-hydrogen) atoms. The average molecular weight is 483 g/mol. The standard InChI is InChI=1S/C30H43O3P/c1-13-22(6)34(33,27(31)25-18(2)14-23(15-19(25)3)29(7,8)9)28(32)26-20(4)16-24(17-21(26)5)30(10,11)12/h14-17,22H,13H2,1-12H3. The molecule has 2 aromatic rings. The van der Waals surface area contributed by atoms with Crippen LogP contribution in [-0.4, -0.2) is 16.7 Å². The molecule has 0 saturated heterocycles. The van der Waals surface area contributed by atoms with Gasteiger partial charge in [0, 0.05) is 16.8 Å². The summed E-state index contributed by atoms with van der Waals surface area (Å²) in [6.45, 7) is 24.0. The number of benzene rings is 2. The van der Waals surface area contributed by atoms with Crippen LogP contribution in [0.4, 0.5) is 0 Å². The van der Waals surface area contributed by atoms with Crippen LogP contribution < -0.4 is 0 Å². The third-order valence-electron chi connectivity index (χ3n) is 7.04. The summed E-state index contributed by atoms with van der Waals surface area (Å²) in [7, 11) is -3.93. The van der Waals surface area contributed by atoms with Crippen molar-refractivity contribution in [2.75, 3.05) is 0 Å². The van der Waals surface area contributed by atoms with Gasteiger partial charge in [-0.2, -0.15) is 0 Å². The van der Waals surface area contributed by atoms with Crippen molar-refractivity contribution >= 4 is 18.2 Å². The largest absolute Gasteiger partial charge is 0.306 e. The zero-order valence-electron chi connectivity index (χ0n) is 23.3. The van der Waals surface area contributed by atoms with Gasteiger partial charge in [0.1, 0.15) is 0 Å². The summed E-state index contributed by atoms with van der Waals surface area (Å²) < 4.78 is 14.6. The van der Waals surface area contributed by atoms with Crippen molar-refractivity contribution < 1.29 is 14.2 Å². The minimum atomic E-state index is -3.93. The Hall–Kier alpha value is -1.99. The van der Waals surface area contributed by atoms with E-state index in [1.165, 1.54) is 0 Å². The molecule has 0 aromatic heterocycles. The molecule has 1 unspecified atom stereocenters. The average Bonchev–Trinajstić information content (AvgIpc) is 2.69. The minimum absolute atomic E-state index is 0.0731. The maximum Gasteiger partial charge on any atom is 0.229 e. The lowest BCUT2D eigenvalue weighted by Crippen LogP contribution is -2.23. The van der Waals surface area contributed by atoms with E-state index in [9.17, 15) is 14.2 Å². The van der Waals surface area contributed by atoms with Gasteiger partial charge in [0.15, 0.2) is 0 Å². The summed E-state index contributed by atoms with van der Waals surface area (Å²) in [5.41, 5.74) is 4.56. The van der Waals surface area contributed by atoms with E-state index in [-0.39, 0.29) is 10.8 Å². The molecule has 2 aromatic carbocycles. The molecule has 0 amide bonds. The quantitative estimate of drug-likeness (QED) is 0.387. The Morgan fingerprint density at radius 3 is 1.18 bits per heavy atom. The Bertz CT molecular complexity index is 1040. The van der Waals surface area contributed by atoms with Gasteiger partial charge in [0.2, 0.25) is 18.2 Å². The Kier molecular flexibility index (Phi) is 7.95. The van der Waals surface area contributed by atoms with E-state index in [0.717, 1.165) is 33.4 Å². The fourth-order valence-corrected chi connectivity index (χ4v) is 7.42. The fourth-order valence-electron chi connectivity index (χ4n) is 4.55. The van der Waals surface area contributed by atoms with Crippen molar-refractivity contribution in [2.45, 2.75) is 106 Å². The number of rotatable bonds is 6. The second kappa shape index (κ2) is 9.57. The van der Waals surface area contributed by atoms with Crippen LogP contribution in [0.1, 0.15) is 116 Å². The number of hydrogen-bond donors (Lipinski definition) is 0. The monoisotopic (exact) mass is 482 g/mol. The van der Waals surface area contributed by atoms with Crippen LogP contribution in [0.2, 0.25) is 0 Å². The van der Waals surface area contributed by atoms with E-state index in [0.29, 0.717) is 17.5 Å². The van der Waals surface area contributed by atoms with Gasteiger partial charge in [-0.25, -0.2) is 0 Å². The second-order valence-corrected chi connectivity index (χ2v) is 15.0. The van der Waals surface area contributed by atoms with E-state index in [4.69, 9.17) is 0 Å². The van der Waals surface area contributed by atoms with Crippen LogP contribution in [0.5, 0.6) is 0 Å². The summed E-state index contributed by atoms with van der Waals surface area (Å²) in [4.78, 5) is 28.1. The highest BCUT2D eigenvalue weighted by molar-refractivity contribution is 7.95. The number of carbonyl (C=O) groups excluding carboxylic acids is 2. The molecule has 0 saturated carbocycles. The van der Waals surface area contributed by atoms with Gasteiger partial charge < -0.3 is 4.57 Å². The van der Waals surface area contributed by atoms with Crippen LogP contribution in [0, 0.1) is 27.7 Å². The third-order valence-corrected chi connectivity index (χ3v) is 10.3. The Morgan fingerprint density at radius 2 is 0.971 bits per heavy atom. The molecule has 1 atom stereocenters. The first-order chi connectivity index (χ1) is 15.4. The van der Waals surface area contributed by atoms with Crippen LogP contribution >= 0.6 is 7.14 Å². The van der Waals surface area contributed by atoms with E-state index in [1.54, 1.807) is 6.92 Å². The number of aryl methyl sites for hydroxylation is 4. The Morgan fingerprint density at radius 1 is 0.706 bits per heavy atom. The molecule has 4 heteroatoms. The van der Waals surface area contributed by atoms with Crippen LogP contribution in [0.15, 0.2) is 24.3 Å². The number of hydrogen-bond acceptors (Lipinski definition) is 3. The van der Waals surface area contributed by atoms with Crippen molar-refractivity contribution in [1.29, 1.82) is 0 Å². The van der Waals surface area contributed by atoms with Gasteiger partial charge in [-0.1, -0.05) is 79.7 Å². The summed E-state index contributed by atoms with van der Waals surface area (Å²) in [5, 5.41) is 0. The van der Waals surface area contributed by atoms with Crippen LogP contribution in [0.25, 0.3) is 0 Å². The third kappa shape index (κ3) is 5.15. The molecule has 0 aliphatic rings. The van der Waals surface area contributed by atoms with Crippen LogP contribution in [0.3, 0.4) is 0 Å². The topological polar surface area (TPSA) is 51.2 Å². The van der Waals surface area contributed by atoms with Crippen molar-refractivity contribution in [2.24, 2.45) is 0 Å². The summed E-state index contributed by atoms with van der Waals surface area (Å²) in [6, 6.07) is 8.00. The molecule has 3 nitrogen and oxygen atoms in total. The summed E-state index contributed by atoms with van der Waals surface area (Å²) in [5.74, 6) is 0. The first-order valence-electron chi connectivity index (χ1n) is 12.3. The molecule has 0 bridgehead atoms. The summed E-state index contributed by atoms with van der Waals surface area (Å²) in [6.07, 6.45) is 0.491. The van der Waals surface area contributed by atoms with Gasteiger partial charge >= 0.3 is 0 Å². The molecule has 186 valence electrons. The SMILES string of the molecule is CCC(C)P(=O)(C(=O)c1c(C)cc(C(C)(C)C)cc1C)C(=O)c1c(C)cc(C(C)(C)C)cc1C. The highest BCUT2D eigenvalue weighted by atomic mass is 31.2. The lowest BCUT2D eigenvalue weighted by Gasteiger charge is -2.27. The Labute approximate surface area is 207 Å². The van der Waals surface area contributed by atoms with Crippen molar-refractivity contribution in [1.82, 2.24) is 0 Å². The molecule has 2 rings (SSSR count). The van der Waals surface area contributed by atoms with E-state index in [1.807, 2.05) is 58.9 Å². The normalized spacial score (nSPS) is 13.6. The first kappa shape index (κ1) is 28.2. The maximum absolute atomic E-state index is 14.6. The molecule has 0 heterocycles. The minimum Gasteiger partial charge on any atom is -0.306 e. The molecule has 0 fully saturated rings. The summed E-state index contributed by atoms with van der Waals surface area (Å²) >= 11 is 0. The molecular weight excluding hydrogens is 439 g/mol. The molecule has 0 aliphatic heterocycles. The van der Waals surface area contributed by atoms with Gasteiger partial charge in [0.25, 0.3) is 0 Å². The predicted octanol–water partition coefficient (Wildman–Crippen LogP) is 8.66. The molecular formula is C30H43O3P. The Balaban J connectivity index is 2.75. The predicted molar refractivity (Wildman–Crippen MR) is 145 cm³/mol. The zero-order chi connectivity index (χ0) is 26.4. The number of carbonyl (C=O) groups is 2. The van der Waals surface area contributed by atoms with E-state index >= 15 is 0 Å². The van der Waals surface area contributed by atoms with Crippen molar-refractivity contribution in [3.05, 3.63) is 68.8 Å². The van der Waals surface area contributed by atoms with E-state index in [2.05, 4.69) is 41.5 Å². The van der Waals surface area contributed by atoms with Crippen molar-refractivity contribution in [3.63, 3.8) is 0 Å². The highest BCUT2D eigenvalue weighted by Gasteiger charge is 2.46. The second-order valence-electron chi connectivity index (χ2n) is 12.0. The fraction of sp³-hybridized carbons (Fsp3) is 0.533. The van der Waals surface area contributed by atoms with Crippen molar-refractivity contribution in [3.8, 4) is 0 Å². The van der Waals surface area contributed by atoms with Crippen LogP contribution in [-0.2, 0) is 15.4 Å². The van der Waals surface area contributed by atoms with Gasteiger partial charge in [-0.3, -0.25) is 9.59 Å². The lowest BCUT2D eigenvalue weighted by atomic mass is 9.84. The highest BCUT2D eigenvalue weighted by Crippen LogP contribution is 2.58. The molecule has 0 spiro atoms. The van der Waals surface area contributed by atoms with Gasteiger partial charge in [-0.05, 0) is 78.3 Å². The van der Waals surface area contributed by atoms with Gasteiger partial charge in [0.05, 0.1) is 0 Å². The maximum atomic E-state index is 14.6. The first-order valence-corrected chi connectivity index (χ1v) is 14.1. The molecule has 0 aliphatic carbocycles. The zero-order valence-corrected chi connectivity index (χ0v) is 24.2. The van der Waals surface area contributed by atoms with Gasteiger partial charge in [-0.15, -0.1) is 0 Å². The molecule has 0 N–H and O–H groups in total. The van der Waals surface area contributed by atoms with E-state index < -0.39 is 23.8 Å².